The fourth-order valence-electron chi connectivity index (χ4n) is 2.73. The minimum atomic E-state index is 0.599. The molecule has 0 aliphatic carbocycles. The van der Waals surface area contributed by atoms with Gasteiger partial charge in [-0.1, -0.05) is 19.8 Å². The smallest absolute Gasteiger partial charge is 0.0221 e. The van der Waals surface area contributed by atoms with Crippen LogP contribution in [0.3, 0.4) is 0 Å². The fraction of sp³-hybridized carbons (Fsp3) is 1.00. The normalized spacial score (nSPS) is 27.6. The van der Waals surface area contributed by atoms with Crippen LogP contribution in [-0.2, 0) is 0 Å². The van der Waals surface area contributed by atoms with Crippen molar-refractivity contribution < 1.29 is 0 Å². The van der Waals surface area contributed by atoms with Crippen molar-refractivity contribution in [3.63, 3.8) is 0 Å². The molecule has 1 heterocycles. The predicted molar refractivity (Wildman–Crippen MR) is 67.2 cm³/mol. The molecule has 0 radical (unpaired) electrons. The van der Waals surface area contributed by atoms with Gasteiger partial charge in [-0.25, -0.2) is 0 Å². The molecule has 0 spiro atoms. The van der Waals surface area contributed by atoms with Gasteiger partial charge in [0, 0.05) is 18.1 Å². The third kappa shape index (κ3) is 3.46. The first-order chi connectivity index (χ1) is 7.20. The molecule has 1 N–H and O–H groups in total. The highest BCUT2D eigenvalue weighted by Crippen LogP contribution is 2.23. The van der Waals surface area contributed by atoms with E-state index in [1.165, 1.54) is 38.6 Å². The Bertz CT molecular complexity index is 166. The molecule has 90 valence electrons. The summed E-state index contributed by atoms with van der Waals surface area (Å²) in [7, 11) is 2.07. The van der Waals surface area contributed by atoms with E-state index in [0.29, 0.717) is 12.1 Å². The van der Waals surface area contributed by atoms with Crippen LogP contribution in [0.4, 0.5) is 0 Å². The lowest BCUT2D eigenvalue weighted by atomic mass is 9.95. The third-order valence-corrected chi connectivity index (χ3v) is 4.00. The standard InChI is InChI=1S/C13H28N2/c1-5-8-13-9-6-7-10-15(13)12(3)11(2)14-4/h11-14H,5-10H2,1-4H3. The van der Waals surface area contributed by atoms with Crippen molar-refractivity contribution in [2.75, 3.05) is 13.6 Å². The number of piperidine rings is 1. The summed E-state index contributed by atoms with van der Waals surface area (Å²) in [6.45, 7) is 8.27. The van der Waals surface area contributed by atoms with Crippen LogP contribution in [0, 0.1) is 0 Å². The van der Waals surface area contributed by atoms with Gasteiger partial charge in [0.15, 0.2) is 0 Å². The minimum Gasteiger partial charge on any atom is -0.316 e. The Morgan fingerprint density at radius 2 is 2.07 bits per heavy atom. The number of likely N-dealkylation sites (tertiary alicyclic amines) is 1. The Hall–Kier alpha value is -0.0800. The third-order valence-electron chi connectivity index (χ3n) is 4.00. The molecule has 0 bridgehead atoms. The molecular formula is C13H28N2. The molecule has 3 atom stereocenters. The quantitative estimate of drug-likeness (QED) is 0.753. The molecule has 1 rings (SSSR count). The topological polar surface area (TPSA) is 15.3 Å². The first-order valence-electron chi connectivity index (χ1n) is 6.63. The lowest BCUT2D eigenvalue weighted by Crippen LogP contribution is -2.52. The molecule has 1 aliphatic heterocycles. The van der Waals surface area contributed by atoms with E-state index < -0.39 is 0 Å². The Balaban J connectivity index is 2.54. The summed E-state index contributed by atoms with van der Waals surface area (Å²) in [6, 6.07) is 2.11. The molecule has 1 fully saturated rings. The average molecular weight is 212 g/mol. The molecule has 0 aromatic rings. The van der Waals surface area contributed by atoms with Gasteiger partial charge >= 0.3 is 0 Å². The SMILES string of the molecule is CCCC1CCCCN1C(C)C(C)NC. The van der Waals surface area contributed by atoms with Gasteiger partial charge in [0.2, 0.25) is 0 Å². The molecule has 0 saturated carbocycles. The van der Waals surface area contributed by atoms with Crippen molar-refractivity contribution in [3.05, 3.63) is 0 Å². The van der Waals surface area contributed by atoms with Crippen LogP contribution < -0.4 is 5.32 Å². The Morgan fingerprint density at radius 3 is 2.67 bits per heavy atom. The van der Waals surface area contributed by atoms with Crippen LogP contribution >= 0.6 is 0 Å². The van der Waals surface area contributed by atoms with Crippen LogP contribution in [0.25, 0.3) is 0 Å². The lowest BCUT2D eigenvalue weighted by Gasteiger charge is -2.42. The van der Waals surface area contributed by atoms with Crippen molar-refractivity contribution >= 4 is 0 Å². The van der Waals surface area contributed by atoms with E-state index in [0.717, 1.165) is 6.04 Å². The predicted octanol–water partition coefficient (Wildman–Crippen LogP) is 2.64. The van der Waals surface area contributed by atoms with Gasteiger partial charge in [-0.05, 0) is 46.7 Å². The van der Waals surface area contributed by atoms with E-state index in [-0.39, 0.29) is 0 Å². The molecule has 2 nitrogen and oxygen atoms in total. The highest BCUT2D eigenvalue weighted by atomic mass is 15.2. The summed E-state index contributed by atoms with van der Waals surface area (Å²) in [4.78, 5) is 2.73. The highest BCUT2D eigenvalue weighted by Gasteiger charge is 2.27. The van der Waals surface area contributed by atoms with Gasteiger partial charge in [-0.3, -0.25) is 4.90 Å². The molecule has 15 heavy (non-hydrogen) atoms. The van der Waals surface area contributed by atoms with Gasteiger partial charge in [-0.15, -0.1) is 0 Å². The number of nitrogens with zero attached hydrogens (tertiary/aromatic N) is 1. The van der Waals surface area contributed by atoms with Crippen LogP contribution in [0.1, 0.15) is 52.9 Å². The summed E-state index contributed by atoms with van der Waals surface area (Å²) in [5.74, 6) is 0. The molecule has 1 saturated heterocycles. The van der Waals surface area contributed by atoms with Gasteiger partial charge < -0.3 is 5.32 Å². The average Bonchev–Trinajstić information content (AvgIpc) is 2.28. The zero-order valence-corrected chi connectivity index (χ0v) is 10.9. The molecule has 3 unspecified atom stereocenters. The van der Waals surface area contributed by atoms with Gasteiger partial charge in [0.25, 0.3) is 0 Å². The number of hydrogen-bond acceptors (Lipinski definition) is 2. The van der Waals surface area contributed by atoms with Crippen molar-refractivity contribution in [3.8, 4) is 0 Å². The Labute approximate surface area is 95.4 Å². The summed E-state index contributed by atoms with van der Waals surface area (Å²) in [5.41, 5.74) is 0. The Morgan fingerprint density at radius 1 is 1.33 bits per heavy atom. The number of likely N-dealkylation sites (N-methyl/N-ethyl adjacent to an activating group) is 1. The second-order valence-corrected chi connectivity index (χ2v) is 4.99. The second kappa shape index (κ2) is 6.49. The zero-order chi connectivity index (χ0) is 11.3. The zero-order valence-electron chi connectivity index (χ0n) is 10.9. The first kappa shape index (κ1) is 13.0. The summed E-state index contributed by atoms with van der Waals surface area (Å²) >= 11 is 0. The van der Waals surface area contributed by atoms with Gasteiger partial charge in [0.05, 0.1) is 0 Å². The summed E-state index contributed by atoms with van der Waals surface area (Å²) < 4.78 is 0. The maximum absolute atomic E-state index is 3.38. The van der Waals surface area contributed by atoms with Crippen molar-refractivity contribution in [1.82, 2.24) is 10.2 Å². The molecule has 2 heteroatoms. The number of hydrogen-bond donors (Lipinski definition) is 1. The van der Waals surface area contributed by atoms with Crippen molar-refractivity contribution in [2.45, 2.75) is 71.0 Å². The fourth-order valence-corrected chi connectivity index (χ4v) is 2.73. The van der Waals surface area contributed by atoms with E-state index in [4.69, 9.17) is 0 Å². The van der Waals surface area contributed by atoms with E-state index in [1.807, 2.05) is 0 Å². The van der Waals surface area contributed by atoms with Crippen molar-refractivity contribution in [2.24, 2.45) is 0 Å². The monoisotopic (exact) mass is 212 g/mol. The van der Waals surface area contributed by atoms with Crippen LogP contribution in [0.15, 0.2) is 0 Å². The summed E-state index contributed by atoms with van der Waals surface area (Å²) in [5, 5.41) is 3.38. The van der Waals surface area contributed by atoms with Gasteiger partial charge in [0.1, 0.15) is 0 Å². The number of rotatable bonds is 5. The van der Waals surface area contributed by atoms with E-state index in [2.05, 4.69) is 38.0 Å². The molecule has 0 aromatic heterocycles. The van der Waals surface area contributed by atoms with E-state index in [1.54, 1.807) is 0 Å². The maximum Gasteiger partial charge on any atom is 0.0221 e. The number of nitrogens with one attached hydrogen (secondary N) is 1. The van der Waals surface area contributed by atoms with Crippen LogP contribution in [-0.4, -0.2) is 36.6 Å². The molecule has 1 aliphatic rings. The van der Waals surface area contributed by atoms with E-state index >= 15 is 0 Å². The molecular weight excluding hydrogens is 184 g/mol. The summed E-state index contributed by atoms with van der Waals surface area (Å²) in [6.07, 6.45) is 6.93. The van der Waals surface area contributed by atoms with Crippen LogP contribution in [0.2, 0.25) is 0 Å². The Kier molecular flexibility index (Phi) is 5.62. The highest BCUT2D eigenvalue weighted by molar-refractivity contribution is 4.85. The first-order valence-corrected chi connectivity index (χ1v) is 6.63. The van der Waals surface area contributed by atoms with Crippen LogP contribution in [0.5, 0.6) is 0 Å². The van der Waals surface area contributed by atoms with Crippen molar-refractivity contribution in [1.29, 1.82) is 0 Å². The minimum absolute atomic E-state index is 0.599. The van der Waals surface area contributed by atoms with E-state index in [9.17, 15) is 0 Å². The molecule has 0 aromatic carbocycles. The largest absolute Gasteiger partial charge is 0.316 e. The second-order valence-electron chi connectivity index (χ2n) is 4.99. The maximum atomic E-state index is 3.38. The van der Waals surface area contributed by atoms with Gasteiger partial charge in [-0.2, -0.15) is 0 Å². The molecule has 0 amide bonds. The lowest BCUT2D eigenvalue weighted by molar-refractivity contribution is 0.0804.